The number of benzene rings is 2. The highest BCUT2D eigenvalue weighted by molar-refractivity contribution is 9.10. The molecule has 2 saturated heterocycles. The second-order valence-corrected chi connectivity index (χ2v) is 10.1. The first kappa shape index (κ1) is 23.7. The molecule has 0 radical (unpaired) electrons. The Hall–Kier alpha value is -3.04. The molecule has 2 fully saturated rings. The molecule has 3 heterocycles. The fraction of sp³-hybridized carbons (Fsp3) is 0.385. The predicted octanol–water partition coefficient (Wildman–Crippen LogP) is 2.92. The van der Waals surface area contributed by atoms with Crippen molar-refractivity contribution in [2.75, 3.05) is 31.1 Å². The topological polar surface area (TPSA) is 87.5 Å². The molecule has 0 aliphatic carbocycles. The highest BCUT2D eigenvalue weighted by Gasteiger charge is 2.35. The monoisotopic (exact) mass is 537 g/mol. The van der Waals surface area contributed by atoms with Gasteiger partial charge in [0.05, 0.1) is 30.1 Å². The zero-order valence-electron chi connectivity index (χ0n) is 19.5. The average molecular weight is 538 g/mol. The highest BCUT2D eigenvalue weighted by Crippen LogP contribution is 2.27. The van der Waals surface area contributed by atoms with Crippen molar-refractivity contribution in [2.45, 2.75) is 32.4 Å². The van der Waals surface area contributed by atoms with Crippen molar-refractivity contribution in [3.63, 3.8) is 0 Å². The van der Waals surface area contributed by atoms with Crippen molar-refractivity contribution in [3.05, 3.63) is 69.1 Å². The number of nitrogens with zero attached hydrogens (tertiary/aromatic N) is 4. The largest absolute Gasteiger partial charge is 0.350 e. The molecule has 1 N–H and O–H groups in total. The fourth-order valence-electron chi connectivity index (χ4n) is 4.92. The molecule has 2 aliphatic rings. The summed E-state index contributed by atoms with van der Waals surface area (Å²) in [5.74, 6) is -0.687. The van der Waals surface area contributed by atoms with Crippen molar-refractivity contribution in [2.24, 2.45) is 5.92 Å². The van der Waals surface area contributed by atoms with Crippen molar-refractivity contribution < 1.29 is 9.59 Å². The third-order valence-corrected chi connectivity index (χ3v) is 7.31. The number of carbonyl (C=O) groups is 2. The van der Waals surface area contributed by atoms with Gasteiger partial charge in [0, 0.05) is 35.1 Å². The number of nitrogens with one attached hydrogen (secondary N) is 1. The standard InChI is InChI=1S/C26H28BrN5O3/c27-19-6-5-7-20(15-19)31-17-18(14-24(31)33)25(34)28-16-23-21-8-1-2-9-22(21)26(35)32(29-23)13-12-30-10-3-4-11-30/h1-2,5-9,15,18H,3-4,10-14,16-17H2,(H,28,34). The Morgan fingerprint density at radius 2 is 1.80 bits per heavy atom. The van der Waals surface area contributed by atoms with Gasteiger partial charge in [0.25, 0.3) is 5.56 Å². The molecule has 0 bridgehead atoms. The maximum Gasteiger partial charge on any atom is 0.274 e. The van der Waals surface area contributed by atoms with Gasteiger partial charge in [0.1, 0.15) is 0 Å². The summed E-state index contributed by atoms with van der Waals surface area (Å²) in [7, 11) is 0. The Bertz CT molecular complexity index is 1320. The molecule has 1 aromatic heterocycles. The number of rotatable bonds is 7. The van der Waals surface area contributed by atoms with Crippen LogP contribution >= 0.6 is 15.9 Å². The van der Waals surface area contributed by atoms with E-state index in [1.807, 2.05) is 48.5 Å². The molecular formula is C26H28BrN5O3. The number of fused-ring (bicyclic) bond motifs is 1. The summed E-state index contributed by atoms with van der Waals surface area (Å²) in [4.78, 5) is 42.6. The van der Waals surface area contributed by atoms with Gasteiger partial charge in [-0.15, -0.1) is 0 Å². The maximum atomic E-state index is 13.0. The van der Waals surface area contributed by atoms with E-state index in [1.54, 1.807) is 4.90 Å². The van der Waals surface area contributed by atoms with Gasteiger partial charge >= 0.3 is 0 Å². The fourth-order valence-corrected chi connectivity index (χ4v) is 5.31. The van der Waals surface area contributed by atoms with E-state index in [9.17, 15) is 14.4 Å². The quantitative estimate of drug-likeness (QED) is 0.500. The van der Waals surface area contributed by atoms with Gasteiger partial charge < -0.3 is 15.1 Å². The number of amides is 2. The van der Waals surface area contributed by atoms with Crippen molar-refractivity contribution in [3.8, 4) is 0 Å². The van der Waals surface area contributed by atoms with Gasteiger partial charge in [-0.3, -0.25) is 14.4 Å². The Morgan fingerprint density at radius 3 is 2.57 bits per heavy atom. The Balaban J connectivity index is 1.30. The summed E-state index contributed by atoms with van der Waals surface area (Å²) < 4.78 is 2.41. The van der Waals surface area contributed by atoms with Gasteiger partial charge in [-0.05, 0) is 50.2 Å². The number of likely N-dealkylation sites (tertiary alicyclic amines) is 1. The summed E-state index contributed by atoms with van der Waals surface area (Å²) in [6.45, 7) is 3.95. The van der Waals surface area contributed by atoms with Crippen LogP contribution in [0.25, 0.3) is 10.8 Å². The Labute approximate surface area is 212 Å². The Kier molecular flexibility index (Phi) is 6.97. The van der Waals surface area contributed by atoms with E-state index in [0.29, 0.717) is 24.2 Å². The van der Waals surface area contributed by atoms with Gasteiger partial charge in [-0.2, -0.15) is 5.10 Å². The SMILES string of the molecule is O=C(NCc1nn(CCN2CCCC2)c(=O)c2ccccc12)C1CC(=O)N(c2cccc(Br)c2)C1. The minimum atomic E-state index is -0.436. The third kappa shape index (κ3) is 5.16. The molecule has 2 amide bonds. The molecular weight excluding hydrogens is 510 g/mol. The molecule has 9 heteroatoms. The van der Waals surface area contributed by atoms with Crippen molar-refractivity contribution >= 4 is 44.2 Å². The van der Waals surface area contributed by atoms with Gasteiger partial charge in [0.15, 0.2) is 0 Å². The Morgan fingerprint density at radius 1 is 1.03 bits per heavy atom. The van der Waals surface area contributed by atoms with Crippen LogP contribution in [0.15, 0.2) is 57.8 Å². The van der Waals surface area contributed by atoms with Crippen molar-refractivity contribution in [1.29, 1.82) is 0 Å². The molecule has 0 saturated carbocycles. The lowest BCUT2D eigenvalue weighted by Crippen LogP contribution is -2.35. The molecule has 2 aliphatic heterocycles. The molecule has 35 heavy (non-hydrogen) atoms. The lowest BCUT2D eigenvalue weighted by atomic mass is 10.1. The zero-order valence-corrected chi connectivity index (χ0v) is 21.0. The van der Waals surface area contributed by atoms with Crippen LogP contribution in [-0.2, 0) is 22.7 Å². The van der Waals surface area contributed by atoms with Crippen LogP contribution in [-0.4, -0.2) is 52.7 Å². The first-order chi connectivity index (χ1) is 17.0. The first-order valence-electron chi connectivity index (χ1n) is 12.0. The van der Waals surface area contributed by atoms with Crippen LogP contribution in [0.3, 0.4) is 0 Å². The highest BCUT2D eigenvalue weighted by atomic mass is 79.9. The molecule has 0 spiro atoms. The van der Waals surface area contributed by atoms with Crippen LogP contribution < -0.4 is 15.8 Å². The van der Waals surface area contributed by atoms with Crippen LogP contribution in [0.5, 0.6) is 0 Å². The third-order valence-electron chi connectivity index (χ3n) is 6.82. The lowest BCUT2D eigenvalue weighted by Gasteiger charge is -2.18. The van der Waals surface area contributed by atoms with Crippen LogP contribution in [0.4, 0.5) is 5.69 Å². The van der Waals surface area contributed by atoms with E-state index in [4.69, 9.17) is 0 Å². The number of aromatic nitrogens is 2. The van der Waals surface area contributed by atoms with Gasteiger partial charge in [-0.25, -0.2) is 4.68 Å². The first-order valence-corrected chi connectivity index (χ1v) is 12.8. The van der Waals surface area contributed by atoms with E-state index in [2.05, 4.69) is 31.2 Å². The second-order valence-electron chi connectivity index (χ2n) is 9.17. The van der Waals surface area contributed by atoms with Gasteiger partial charge in [-0.1, -0.05) is 40.2 Å². The maximum absolute atomic E-state index is 13.0. The van der Waals surface area contributed by atoms with E-state index >= 15 is 0 Å². The summed E-state index contributed by atoms with van der Waals surface area (Å²) in [6.07, 6.45) is 2.56. The van der Waals surface area contributed by atoms with Crippen LogP contribution in [0.2, 0.25) is 0 Å². The van der Waals surface area contributed by atoms with Crippen LogP contribution in [0, 0.1) is 5.92 Å². The number of carbonyl (C=O) groups excluding carboxylic acids is 2. The molecule has 182 valence electrons. The molecule has 8 nitrogen and oxygen atoms in total. The number of hydrogen-bond donors (Lipinski definition) is 1. The molecule has 5 rings (SSSR count). The minimum Gasteiger partial charge on any atom is -0.350 e. The number of halogens is 1. The van der Waals surface area contributed by atoms with Crippen LogP contribution in [0.1, 0.15) is 25.0 Å². The normalized spacial score (nSPS) is 18.5. The summed E-state index contributed by atoms with van der Waals surface area (Å²) in [5, 5.41) is 8.94. The molecule has 3 aromatic rings. The molecule has 1 unspecified atom stereocenters. The van der Waals surface area contributed by atoms with E-state index in [0.717, 1.165) is 35.2 Å². The second kappa shape index (κ2) is 10.3. The van der Waals surface area contributed by atoms with E-state index < -0.39 is 5.92 Å². The number of anilines is 1. The zero-order chi connectivity index (χ0) is 24.4. The minimum absolute atomic E-state index is 0.0673. The smallest absolute Gasteiger partial charge is 0.274 e. The summed E-state index contributed by atoms with van der Waals surface area (Å²) in [6, 6.07) is 14.9. The van der Waals surface area contributed by atoms with Crippen molar-refractivity contribution in [1.82, 2.24) is 20.0 Å². The predicted molar refractivity (Wildman–Crippen MR) is 138 cm³/mol. The van der Waals surface area contributed by atoms with E-state index in [-0.39, 0.29) is 30.3 Å². The number of hydrogen-bond acceptors (Lipinski definition) is 5. The average Bonchev–Trinajstić information content (AvgIpc) is 3.52. The summed E-state index contributed by atoms with van der Waals surface area (Å²) in [5.41, 5.74) is 1.32. The van der Waals surface area contributed by atoms with Gasteiger partial charge in [0.2, 0.25) is 11.8 Å². The summed E-state index contributed by atoms with van der Waals surface area (Å²) >= 11 is 3.43. The lowest BCUT2D eigenvalue weighted by molar-refractivity contribution is -0.126. The van der Waals surface area contributed by atoms with E-state index in [1.165, 1.54) is 17.5 Å². The molecule has 1 atom stereocenters. The molecule has 2 aromatic carbocycles.